The van der Waals surface area contributed by atoms with Crippen molar-refractivity contribution in [2.75, 3.05) is 12.8 Å². The molecule has 2 aromatic rings. The Morgan fingerprint density at radius 2 is 2.22 bits per heavy atom. The Hall–Kier alpha value is -1.56. The number of anilines is 1. The summed E-state index contributed by atoms with van der Waals surface area (Å²) in [6.07, 6.45) is 1.89. The van der Waals surface area contributed by atoms with E-state index in [9.17, 15) is 4.79 Å². The fourth-order valence-electron chi connectivity index (χ4n) is 1.74. The highest BCUT2D eigenvalue weighted by atomic mass is 79.9. The fraction of sp³-hybridized carbons (Fsp3) is 0.333. The zero-order valence-corrected chi connectivity index (χ0v) is 12.0. The summed E-state index contributed by atoms with van der Waals surface area (Å²) in [4.78, 5) is 11.8. The summed E-state index contributed by atoms with van der Waals surface area (Å²) in [5.74, 6) is -0.479. The number of methoxy groups -OCH3 is 1. The Balaban J connectivity index is 2.79. The minimum atomic E-state index is -0.479. The van der Waals surface area contributed by atoms with Crippen molar-refractivity contribution in [1.29, 1.82) is 0 Å². The lowest BCUT2D eigenvalue weighted by molar-refractivity contribution is 0.0604. The highest BCUT2D eigenvalue weighted by Crippen LogP contribution is 2.32. The van der Waals surface area contributed by atoms with Crippen LogP contribution in [0.5, 0.6) is 0 Å². The summed E-state index contributed by atoms with van der Waals surface area (Å²) >= 11 is 3.34. The lowest BCUT2D eigenvalue weighted by atomic mass is 10.1. The molecule has 0 amide bonds. The Bertz CT molecular complexity index is 619. The van der Waals surface area contributed by atoms with Crippen LogP contribution in [0.2, 0.25) is 0 Å². The molecule has 18 heavy (non-hydrogen) atoms. The van der Waals surface area contributed by atoms with E-state index in [-0.39, 0.29) is 6.04 Å². The van der Waals surface area contributed by atoms with E-state index < -0.39 is 5.97 Å². The Kier molecular flexibility index (Phi) is 3.30. The van der Waals surface area contributed by atoms with Crippen molar-refractivity contribution in [3.05, 3.63) is 22.3 Å². The summed E-state index contributed by atoms with van der Waals surface area (Å²) in [5, 5.41) is 5.25. The first-order valence-electron chi connectivity index (χ1n) is 5.50. The second-order valence-electron chi connectivity index (χ2n) is 4.28. The van der Waals surface area contributed by atoms with Crippen molar-refractivity contribution in [1.82, 2.24) is 9.78 Å². The normalized spacial score (nSPS) is 11.2. The third-order valence-corrected chi connectivity index (χ3v) is 3.38. The van der Waals surface area contributed by atoms with Gasteiger partial charge in [0.05, 0.1) is 12.8 Å². The molecule has 0 spiro atoms. The molecule has 0 aliphatic heterocycles. The van der Waals surface area contributed by atoms with Gasteiger partial charge in [0.25, 0.3) is 0 Å². The van der Waals surface area contributed by atoms with Gasteiger partial charge in [-0.3, -0.25) is 4.68 Å². The number of carbonyl (C=O) groups excluding carboxylic acids is 1. The summed E-state index contributed by atoms with van der Waals surface area (Å²) in [5.41, 5.74) is 7.14. The highest BCUT2D eigenvalue weighted by molar-refractivity contribution is 9.10. The van der Waals surface area contributed by atoms with E-state index in [0.29, 0.717) is 21.2 Å². The summed E-state index contributed by atoms with van der Waals surface area (Å²) in [7, 11) is 1.33. The van der Waals surface area contributed by atoms with Crippen LogP contribution in [-0.2, 0) is 4.74 Å². The lowest BCUT2D eigenvalue weighted by Gasteiger charge is -2.06. The lowest BCUT2D eigenvalue weighted by Crippen LogP contribution is -2.08. The van der Waals surface area contributed by atoms with Crippen LogP contribution in [0, 0.1) is 0 Å². The molecule has 96 valence electrons. The summed E-state index contributed by atoms with van der Waals surface area (Å²) < 4.78 is 7.22. The van der Waals surface area contributed by atoms with Crippen LogP contribution in [0.4, 0.5) is 5.69 Å². The number of nitrogen functional groups attached to an aromatic ring is 1. The van der Waals surface area contributed by atoms with Crippen molar-refractivity contribution < 1.29 is 9.53 Å². The van der Waals surface area contributed by atoms with Crippen molar-refractivity contribution >= 4 is 38.5 Å². The van der Waals surface area contributed by atoms with Crippen LogP contribution in [0.25, 0.3) is 10.9 Å². The minimum Gasteiger partial charge on any atom is -0.465 e. The number of ether oxygens (including phenoxy) is 1. The Morgan fingerprint density at radius 1 is 1.56 bits per heavy atom. The van der Waals surface area contributed by atoms with Gasteiger partial charge in [-0.15, -0.1) is 0 Å². The number of fused-ring (bicyclic) bond motifs is 1. The topological polar surface area (TPSA) is 70.1 Å². The monoisotopic (exact) mass is 311 g/mol. The van der Waals surface area contributed by atoms with Crippen LogP contribution in [-0.4, -0.2) is 22.9 Å². The quantitative estimate of drug-likeness (QED) is 0.684. The molecule has 2 rings (SSSR count). The number of nitrogens with zero attached hydrogens (tertiary/aromatic N) is 2. The molecule has 1 aromatic carbocycles. The first kappa shape index (κ1) is 12.9. The van der Waals surface area contributed by atoms with Crippen LogP contribution in [0.3, 0.4) is 0 Å². The van der Waals surface area contributed by atoms with E-state index in [1.165, 1.54) is 7.11 Å². The molecule has 0 fully saturated rings. The van der Waals surface area contributed by atoms with E-state index in [2.05, 4.69) is 21.0 Å². The molecule has 2 N–H and O–H groups in total. The van der Waals surface area contributed by atoms with E-state index in [1.807, 2.05) is 26.1 Å². The molecule has 1 aromatic heterocycles. The minimum absolute atomic E-state index is 0.211. The maximum atomic E-state index is 11.8. The van der Waals surface area contributed by atoms with E-state index in [1.54, 1.807) is 4.68 Å². The fourth-order valence-corrected chi connectivity index (χ4v) is 2.19. The summed E-state index contributed by atoms with van der Waals surface area (Å²) in [6.45, 7) is 4.03. The molecule has 0 aliphatic rings. The Morgan fingerprint density at radius 3 is 2.78 bits per heavy atom. The predicted molar refractivity (Wildman–Crippen MR) is 73.6 cm³/mol. The number of benzene rings is 1. The Labute approximate surface area is 113 Å². The van der Waals surface area contributed by atoms with Crippen LogP contribution < -0.4 is 5.73 Å². The van der Waals surface area contributed by atoms with Gasteiger partial charge in [-0.25, -0.2) is 4.79 Å². The SMILES string of the molecule is COC(=O)c1c(N)c(Br)cc2cn(C(C)C)nc12. The van der Waals surface area contributed by atoms with Crippen molar-refractivity contribution in [2.45, 2.75) is 19.9 Å². The summed E-state index contributed by atoms with van der Waals surface area (Å²) in [6, 6.07) is 2.06. The van der Waals surface area contributed by atoms with Gasteiger partial charge in [-0.05, 0) is 35.8 Å². The molecule has 0 radical (unpaired) electrons. The van der Waals surface area contributed by atoms with Gasteiger partial charge in [0.15, 0.2) is 0 Å². The average molecular weight is 312 g/mol. The van der Waals surface area contributed by atoms with Crippen molar-refractivity contribution in [2.24, 2.45) is 0 Å². The van der Waals surface area contributed by atoms with Crippen molar-refractivity contribution in [3.8, 4) is 0 Å². The van der Waals surface area contributed by atoms with Gasteiger partial charge in [0.2, 0.25) is 0 Å². The number of aromatic nitrogens is 2. The molecule has 5 nitrogen and oxygen atoms in total. The molecule has 0 atom stereocenters. The second-order valence-corrected chi connectivity index (χ2v) is 5.13. The zero-order chi connectivity index (χ0) is 13.4. The standard InChI is InChI=1S/C12H14BrN3O2/c1-6(2)16-5-7-4-8(13)10(14)9(11(7)15-16)12(17)18-3/h4-6H,14H2,1-3H3. The average Bonchev–Trinajstić information content (AvgIpc) is 2.73. The number of rotatable bonds is 2. The third kappa shape index (κ3) is 1.96. The first-order chi connectivity index (χ1) is 8.45. The molecule has 0 aliphatic carbocycles. The van der Waals surface area contributed by atoms with Crippen molar-refractivity contribution in [3.63, 3.8) is 0 Å². The van der Waals surface area contributed by atoms with E-state index in [0.717, 1.165) is 5.39 Å². The van der Waals surface area contributed by atoms with E-state index in [4.69, 9.17) is 10.5 Å². The molecule has 1 heterocycles. The molecule has 6 heteroatoms. The van der Waals surface area contributed by atoms with Gasteiger partial charge in [0.1, 0.15) is 11.1 Å². The van der Waals surface area contributed by atoms with Crippen LogP contribution >= 0.6 is 15.9 Å². The van der Waals surface area contributed by atoms with Gasteiger partial charge < -0.3 is 10.5 Å². The smallest absolute Gasteiger partial charge is 0.342 e. The third-order valence-electron chi connectivity index (χ3n) is 2.72. The van der Waals surface area contributed by atoms with Crippen LogP contribution in [0.1, 0.15) is 30.2 Å². The second kappa shape index (κ2) is 4.61. The van der Waals surface area contributed by atoms with Gasteiger partial charge in [-0.2, -0.15) is 5.10 Å². The molecule has 0 saturated heterocycles. The zero-order valence-electron chi connectivity index (χ0n) is 10.4. The largest absolute Gasteiger partial charge is 0.465 e. The highest BCUT2D eigenvalue weighted by Gasteiger charge is 2.20. The molecule has 0 unspecified atom stereocenters. The number of hydrogen-bond donors (Lipinski definition) is 1. The van der Waals surface area contributed by atoms with Gasteiger partial charge in [0, 0.05) is 22.1 Å². The number of carbonyl (C=O) groups is 1. The van der Waals surface area contributed by atoms with Gasteiger partial charge in [-0.1, -0.05) is 0 Å². The molecule has 0 bridgehead atoms. The van der Waals surface area contributed by atoms with Gasteiger partial charge >= 0.3 is 5.97 Å². The predicted octanol–water partition coefficient (Wildman–Crippen LogP) is 2.75. The number of hydrogen-bond acceptors (Lipinski definition) is 4. The molecular weight excluding hydrogens is 298 g/mol. The maximum absolute atomic E-state index is 11.8. The first-order valence-corrected chi connectivity index (χ1v) is 6.30. The molecule has 0 saturated carbocycles. The number of nitrogens with two attached hydrogens (primary N) is 1. The maximum Gasteiger partial charge on any atom is 0.342 e. The van der Waals surface area contributed by atoms with Crippen LogP contribution in [0.15, 0.2) is 16.7 Å². The molecular formula is C12H14BrN3O2. The number of halogens is 1. The van der Waals surface area contributed by atoms with E-state index >= 15 is 0 Å². The number of esters is 1.